The normalized spacial score (nSPS) is 10.4. The molecule has 0 radical (unpaired) electrons. The van der Waals surface area contributed by atoms with E-state index in [4.69, 9.17) is 27.9 Å². The molecule has 1 N–H and O–H groups in total. The van der Waals surface area contributed by atoms with Crippen LogP contribution < -0.4 is 10.1 Å². The van der Waals surface area contributed by atoms with Crippen LogP contribution in [0.1, 0.15) is 10.4 Å². The average molecular weight is 346 g/mol. The molecule has 0 fully saturated rings. The smallest absolute Gasteiger partial charge is 0.253 e. The van der Waals surface area contributed by atoms with Gasteiger partial charge in [-0.1, -0.05) is 23.2 Å². The van der Waals surface area contributed by atoms with Crippen LogP contribution in [0, 0.1) is 11.6 Å². The quantitative estimate of drug-likeness (QED) is 0.654. The Kier molecular flexibility index (Phi) is 5.57. The monoisotopic (exact) mass is 345 g/mol. The number of hydrogen-bond donors (Lipinski definition) is 1. The highest BCUT2D eigenvalue weighted by atomic mass is 35.5. The number of ether oxygens (including phenoxy) is 1. The van der Waals surface area contributed by atoms with Crippen LogP contribution in [0.2, 0.25) is 10.0 Å². The number of halogens is 4. The van der Waals surface area contributed by atoms with Gasteiger partial charge in [-0.2, -0.15) is 0 Å². The van der Waals surface area contributed by atoms with Crippen molar-refractivity contribution in [3.8, 4) is 5.75 Å². The van der Waals surface area contributed by atoms with Crippen molar-refractivity contribution in [3.05, 3.63) is 63.6 Å². The van der Waals surface area contributed by atoms with Crippen molar-refractivity contribution in [1.29, 1.82) is 0 Å². The highest BCUT2D eigenvalue weighted by molar-refractivity contribution is 6.33. The molecule has 2 aromatic carbocycles. The molecule has 0 spiro atoms. The summed E-state index contributed by atoms with van der Waals surface area (Å²) in [4.78, 5) is 11.8. The van der Waals surface area contributed by atoms with Gasteiger partial charge in [0.05, 0.1) is 17.1 Å². The molecular weight excluding hydrogens is 335 g/mol. The van der Waals surface area contributed by atoms with Gasteiger partial charge in [0, 0.05) is 5.02 Å². The lowest BCUT2D eigenvalue weighted by molar-refractivity contribution is 0.0946. The van der Waals surface area contributed by atoms with Gasteiger partial charge in [-0.25, -0.2) is 8.78 Å². The van der Waals surface area contributed by atoms with Crippen LogP contribution in [0.3, 0.4) is 0 Å². The number of amides is 1. The zero-order valence-corrected chi connectivity index (χ0v) is 12.7. The molecule has 22 heavy (non-hydrogen) atoms. The summed E-state index contributed by atoms with van der Waals surface area (Å²) in [7, 11) is 0. The maximum Gasteiger partial charge on any atom is 0.253 e. The fourth-order valence-corrected chi connectivity index (χ4v) is 2.02. The Morgan fingerprint density at radius 3 is 2.41 bits per heavy atom. The van der Waals surface area contributed by atoms with E-state index in [9.17, 15) is 13.6 Å². The second-order valence-corrected chi connectivity index (χ2v) is 5.15. The third-order valence-corrected chi connectivity index (χ3v) is 3.29. The van der Waals surface area contributed by atoms with Gasteiger partial charge in [0.2, 0.25) is 0 Å². The highest BCUT2D eigenvalue weighted by Crippen LogP contribution is 2.20. The summed E-state index contributed by atoms with van der Waals surface area (Å²) in [6, 6.07) is 8.25. The molecule has 2 rings (SSSR count). The molecular formula is C15H11Cl2F2NO2. The molecule has 0 heterocycles. The first-order valence-electron chi connectivity index (χ1n) is 6.28. The van der Waals surface area contributed by atoms with E-state index >= 15 is 0 Å². The van der Waals surface area contributed by atoms with E-state index in [1.807, 2.05) is 0 Å². The Labute approximate surface area is 135 Å². The van der Waals surface area contributed by atoms with Crippen LogP contribution in [-0.2, 0) is 0 Å². The molecule has 0 aromatic heterocycles. The molecule has 0 atom stereocenters. The fraction of sp³-hybridized carbons (Fsp3) is 0.133. The lowest BCUT2D eigenvalue weighted by Crippen LogP contribution is -2.28. The molecule has 3 nitrogen and oxygen atoms in total. The van der Waals surface area contributed by atoms with Crippen molar-refractivity contribution in [1.82, 2.24) is 5.32 Å². The van der Waals surface area contributed by atoms with Crippen LogP contribution in [0.5, 0.6) is 5.75 Å². The predicted molar refractivity (Wildman–Crippen MR) is 80.6 cm³/mol. The molecule has 0 aliphatic heterocycles. The lowest BCUT2D eigenvalue weighted by Gasteiger charge is -2.09. The molecule has 7 heteroatoms. The van der Waals surface area contributed by atoms with Crippen molar-refractivity contribution in [2.24, 2.45) is 0 Å². The molecule has 0 unspecified atom stereocenters. The molecule has 0 bridgehead atoms. The van der Waals surface area contributed by atoms with Crippen molar-refractivity contribution in [2.45, 2.75) is 0 Å². The second kappa shape index (κ2) is 7.42. The number of hydrogen-bond acceptors (Lipinski definition) is 2. The first-order valence-corrected chi connectivity index (χ1v) is 7.04. The summed E-state index contributed by atoms with van der Waals surface area (Å²) in [5.41, 5.74) is -0.132. The molecule has 2 aromatic rings. The number of rotatable bonds is 5. The maximum atomic E-state index is 13.1. The minimum Gasteiger partial charge on any atom is -0.492 e. The minimum atomic E-state index is -1.13. The topological polar surface area (TPSA) is 38.3 Å². The van der Waals surface area contributed by atoms with Crippen molar-refractivity contribution >= 4 is 29.1 Å². The summed E-state index contributed by atoms with van der Waals surface area (Å²) in [6.45, 7) is 0.380. The third kappa shape index (κ3) is 4.32. The van der Waals surface area contributed by atoms with Gasteiger partial charge in [-0.05, 0) is 36.4 Å². The second-order valence-electron chi connectivity index (χ2n) is 4.30. The minimum absolute atomic E-state index is 0.132. The molecule has 0 aliphatic carbocycles. The average Bonchev–Trinajstić information content (AvgIpc) is 2.49. The summed E-state index contributed by atoms with van der Waals surface area (Å²) >= 11 is 11.4. The van der Waals surface area contributed by atoms with Gasteiger partial charge in [-0.15, -0.1) is 0 Å². The van der Waals surface area contributed by atoms with Gasteiger partial charge < -0.3 is 10.1 Å². The van der Waals surface area contributed by atoms with E-state index in [0.717, 1.165) is 12.1 Å². The van der Waals surface area contributed by atoms with Crippen LogP contribution in [0.25, 0.3) is 0 Å². The number of carbonyl (C=O) groups excluding carboxylic acids is 1. The van der Waals surface area contributed by atoms with E-state index in [-0.39, 0.29) is 23.7 Å². The summed E-state index contributed by atoms with van der Waals surface area (Å²) < 4.78 is 31.4. The number of carbonyl (C=O) groups is 1. The van der Waals surface area contributed by atoms with Gasteiger partial charge in [-0.3, -0.25) is 4.79 Å². The number of benzene rings is 2. The zero-order chi connectivity index (χ0) is 16.1. The third-order valence-electron chi connectivity index (χ3n) is 2.72. The Balaban J connectivity index is 1.85. The van der Waals surface area contributed by atoms with Crippen molar-refractivity contribution in [3.63, 3.8) is 0 Å². The Hall–Kier alpha value is -1.85. The first-order chi connectivity index (χ1) is 10.5. The van der Waals surface area contributed by atoms with E-state index in [2.05, 4.69) is 5.32 Å². The van der Waals surface area contributed by atoms with Crippen molar-refractivity contribution < 1.29 is 18.3 Å². The van der Waals surface area contributed by atoms with Crippen LogP contribution in [0.15, 0.2) is 36.4 Å². The highest BCUT2D eigenvalue weighted by Gasteiger charge is 2.14. The largest absolute Gasteiger partial charge is 0.492 e. The first kappa shape index (κ1) is 16.5. The Morgan fingerprint density at radius 2 is 1.73 bits per heavy atom. The fourth-order valence-electron chi connectivity index (χ4n) is 1.66. The predicted octanol–water partition coefficient (Wildman–Crippen LogP) is 4.08. The van der Waals surface area contributed by atoms with Gasteiger partial charge >= 0.3 is 0 Å². The zero-order valence-electron chi connectivity index (χ0n) is 11.2. The molecule has 0 saturated heterocycles. The maximum absolute atomic E-state index is 13.1. The summed E-state index contributed by atoms with van der Waals surface area (Å²) in [5, 5.41) is 2.94. The molecule has 116 valence electrons. The number of nitrogens with one attached hydrogen (secondary N) is 1. The van der Waals surface area contributed by atoms with Crippen LogP contribution in [-0.4, -0.2) is 19.1 Å². The van der Waals surface area contributed by atoms with E-state index < -0.39 is 17.5 Å². The van der Waals surface area contributed by atoms with E-state index in [1.165, 1.54) is 0 Å². The van der Waals surface area contributed by atoms with E-state index in [1.54, 1.807) is 24.3 Å². The standard InChI is InChI=1S/C15H11Cl2F2NO2/c16-9-1-3-10(4-2-9)22-6-5-20-15(21)11-7-13(18)14(19)8-12(11)17/h1-4,7-8H,5-6H2,(H,20,21). The molecule has 0 saturated carbocycles. The lowest BCUT2D eigenvalue weighted by atomic mass is 10.2. The van der Waals surface area contributed by atoms with Crippen LogP contribution in [0.4, 0.5) is 8.78 Å². The SMILES string of the molecule is O=C(NCCOc1ccc(Cl)cc1)c1cc(F)c(F)cc1Cl. The summed E-state index contributed by atoms with van der Waals surface area (Å²) in [6.07, 6.45) is 0. The molecule has 1 amide bonds. The van der Waals surface area contributed by atoms with Crippen molar-refractivity contribution in [2.75, 3.05) is 13.2 Å². The Morgan fingerprint density at radius 1 is 1.09 bits per heavy atom. The summed E-state index contributed by atoms with van der Waals surface area (Å²) in [5.74, 6) is -2.24. The molecule has 0 aliphatic rings. The van der Waals surface area contributed by atoms with Gasteiger partial charge in [0.15, 0.2) is 11.6 Å². The van der Waals surface area contributed by atoms with Gasteiger partial charge in [0.25, 0.3) is 5.91 Å². The van der Waals surface area contributed by atoms with Gasteiger partial charge in [0.1, 0.15) is 12.4 Å². The van der Waals surface area contributed by atoms with Crippen LogP contribution >= 0.6 is 23.2 Å². The Bertz CT molecular complexity index is 678. The van der Waals surface area contributed by atoms with E-state index in [0.29, 0.717) is 10.8 Å².